The molecule has 0 aromatic rings. The van der Waals surface area contributed by atoms with Crippen molar-refractivity contribution in [3.05, 3.63) is 13.8 Å². The third-order valence-corrected chi connectivity index (χ3v) is 0.707. The summed E-state index contributed by atoms with van der Waals surface area (Å²) in [4.78, 5) is 0. The van der Waals surface area contributed by atoms with Crippen LogP contribution in [0.2, 0.25) is 0 Å². The second kappa shape index (κ2) is 78.9. The van der Waals surface area contributed by atoms with Crippen molar-refractivity contribution in [1.82, 2.24) is 0 Å². The Balaban J connectivity index is -0.0000000122. The minimum absolute atomic E-state index is 0. The van der Waals surface area contributed by atoms with Crippen LogP contribution in [-0.4, -0.2) is 11.3 Å². The molecule has 0 radical (unpaired) electrons. The summed E-state index contributed by atoms with van der Waals surface area (Å²) in [6, 6.07) is 0. The van der Waals surface area contributed by atoms with Gasteiger partial charge < -0.3 is 13.8 Å². The quantitative estimate of drug-likeness (QED) is 0.174. The van der Waals surface area contributed by atoms with Gasteiger partial charge in [-0.05, 0) is 11.3 Å². The minimum atomic E-state index is -0.556. The van der Waals surface area contributed by atoms with Crippen LogP contribution in [0.15, 0.2) is 0 Å². The van der Waals surface area contributed by atoms with Crippen molar-refractivity contribution in [2.24, 2.45) is 0 Å². The van der Waals surface area contributed by atoms with E-state index in [0.29, 0.717) is 0 Å². The summed E-state index contributed by atoms with van der Waals surface area (Å²) in [6.07, 6.45) is 4.56. The molecule has 0 aliphatic heterocycles. The molecule has 10 heteroatoms. The zero-order chi connectivity index (χ0) is 16.7. The van der Waals surface area contributed by atoms with E-state index >= 15 is 0 Å². The Morgan fingerprint density at radius 3 is 0.792 bits per heavy atom. The fourth-order valence-electron chi connectivity index (χ4n) is 0. The van der Waals surface area contributed by atoms with Gasteiger partial charge in [-0.2, -0.15) is 12.8 Å². The van der Waals surface area contributed by atoms with Crippen molar-refractivity contribution in [2.75, 3.05) is 0 Å². The third kappa shape index (κ3) is 332. The molecule has 2 atom stereocenters. The molecule has 140 valence electrons. The molecule has 0 saturated carbocycles. The predicted molar refractivity (Wildman–Crippen MR) is 102 cm³/mol. The fourth-order valence-corrected chi connectivity index (χ4v) is 0. The molecule has 0 heterocycles. The molecule has 0 nitrogen and oxygen atoms in total. The Labute approximate surface area is 251 Å². The number of hydrogen-bond donors (Lipinski definition) is 0. The summed E-state index contributed by atoms with van der Waals surface area (Å²) in [5.41, 5.74) is 1.50. The first-order valence-corrected chi connectivity index (χ1v) is 12.4. The Hall–Kier alpha value is 5.73. The molecule has 0 aliphatic rings. The van der Waals surface area contributed by atoms with Gasteiger partial charge in [-0.15, -0.1) is 18.5 Å². The zero-order valence-electron chi connectivity index (χ0n) is 16.3. The summed E-state index contributed by atoms with van der Waals surface area (Å²) in [6.45, 7) is 20.0. The van der Waals surface area contributed by atoms with Crippen molar-refractivity contribution in [2.45, 2.75) is 78.5 Å². The van der Waals surface area contributed by atoms with E-state index in [1.165, 1.54) is 12.8 Å². The van der Waals surface area contributed by atoms with E-state index in [0.717, 1.165) is 24.2 Å². The van der Waals surface area contributed by atoms with E-state index in [-0.39, 0.29) is 109 Å². The van der Waals surface area contributed by atoms with E-state index in [2.05, 4.69) is 73.9 Å². The van der Waals surface area contributed by atoms with E-state index in [9.17, 15) is 0 Å². The van der Waals surface area contributed by atoms with Gasteiger partial charge in [-0.1, -0.05) is 54.4 Å². The van der Waals surface area contributed by atoms with Crippen LogP contribution in [0.5, 0.6) is 0 Å². The fraction of sp³-hybridized carbons (Fsp3) is 0.857. The molecule has 0 saturated heterocycles. The molecule has 0 rings (SSSR count). The maximum atomic E-state index is 4.89. The van der Waals surface area contributed by atoms with Gasteiger partial charge in [0.15, 0.2) is 0 Å². The first kappa shape index (κ1) is 63.0. The van der Waals surface area contributed by atoms with Crippen molar-refractivity contribution < 1.29 is 126 Å². The van der Waals surface area contributed by atoms with Crippen LogP contribution in [0.1, 0.15) is 67.2 Å². The van der Waals surface area contributed by atoms with Gasteiger partial charge in [-0.3, -0.25) is 0 Å². The monoisotopic (exact) mass is 624 g/mol. The SMILES string of the molecule is CC(C)P.CC(C)P.[CH2-]CCC.[CH2-]CCC.[Cl][Ti][Cl].[Ti+2].[Ti].[Ti].[Ti].[Ti]. The largest absolute Gasteiger partial charge is 2.00 e. The summed E-state index contributed by atoms with van der Waals surface area (Å²) in [5.74, 6) is 0. The third-order valence-electron chi connectivity index (χ3n) is 0.707. The van der Waals surface area contributed by atoms with Crippen molar-refractivity contribution >= 4 is 37.1 Å². The number of unbranched alkanes of at least 4 members (excludes halogenated alkanes) is 2. The average molecular weight is 624 g/mol. The summed E-state index contributed by atoms with van der Waals surface area (Å²) >= 11 is -0.556. The Bertz CT molecular complexity index is 89.8. The standard InChI is InChI=1S/2C4H9.2C3H9P.2ClH.6Ti/c2*1-3-4-2;2*1-3(2)4;;;;;;;;/h2*1,3-4H2,2H3;2*3H,4H2,1-2H3;2*1H;;;;;;/q2*-1;;;;;;;;;2*+2/p-2. The molecule has 2 unspecified atom stereocenters. The van der Waals surface area contributed by atoms with Crippen LogP contribution >= 0.6 is 37.1 Å². The molecule has 0 amide bonds. The van der Waals surface area contributed by atoms with Gasteiger partial charge in [0.05, 0.1) is 0 Å². The average Bonchev–Trinajstić information content (AvgIpc) is 2.28. The van der Waals surface area contributed by atoms with Gasteiger partial charge in [0, 0.05) is 86.9 Å². The number of rotatable bonds is 2. The molecule has 0 bridgehead atoms. The van der Waals surface area contributed by atoms with Crippen molar-refractivity contribution in [3.63, 3.8) is 0 Å². The van der Waals surface area contributed by atoms with Gasteiger partial charge in [0.25, 0.3) is 0 Å². The Morgan fingerprint density at radius 2 is 0.792 bits per heavy atom. The summed E-state index contributed by atoms with van der Waals surface area (Å²) < 4.78 is 0. The second-order valence-corrected chi connectivity index (χ2v) is 9.51. The molecule has 0 spiro atoms. The molecule has 0 aliphatic carbocycles. The van der Waals surface area contributed by atoms with Crippen LogP contribution in [0.4, 0.5) is 0 Å². The van der Waals surface area contributed by atoms with Gasteiger partial charge >= 0.3 is 57.4 Å². The molecular weight excluding hydrogens is 588 g/mol. The topological polar surface area (TPSA) is 0 Å². The maximum Gasteiger partial charge on any atom is 2.00 e. The normalized spacial score (nSPS) is 6.08. The Morgan fingerprint density at radius 1 is 0.750 bits per heavy atom. The van der Waals surface area contributed by atoms with Crippen LogP contribution in [0.3, 0.4) is 0 Å². The smallest absolute Gasteiger partial charge is 0 e. The summed E-state index contributed by atoms with van der Waals surface area (Å²) in [7, 11) is 15.1. The number of hydrogen-bond acceptors (Lipinski definition) is 0. The molecular formula is C14H36Cl2P2Ti6. The molecule has 0 aromatic heterocycles. The van der Waals surface area contributed by atoms with Gasteiger partial charge in [0.2, 0.25) is 0 Å². The zero-order valence-corrected chi connectivity index (χ0v) is 29.5. The van der Waals surface area contributed by atoms with E-state index < -0.39 is 17.0 Å². The maximum absolute atomic E-state index is 4.89. The minimum Gasteiger partial charge on any atom is 0 e. The number of halogens is 2. The van der Waals surface area contributed by atoms with Crippen LogP contribution in [-0.2, 0) is 126 Å². The van der Waals surface area contributed by atoms with E-state index in [1.54, 1.807) is 0 Å². The first-order valence-electron chi connectivity index (χ1n) is 6.77. The van der Waals surface area contributed by atoms with Crippen LogP contribution in [0.25, 0.3) is 0 Å². The molecule has 0 N–H and O–H groups in total. The van der Waals surface area contributed by atoms with Crippen LogP contribution < -0.4 is 0 Å². The van der Waals surface area contributed by atoms with E-state index in [4.69, 9.17) is 18.6 Å². The van der Waals surface area contributed by atoms with Crippen molar-refractivity contribution in [1.29, 1.82) is 0 Å². The Kier molecular flexibility index (Phi) is 207. The van der Waals surface area contributed by atoms with Crippen molar-refractivity contribution in [3.8, 4) is 0 Å². The van der Waals surface area contributed by atoms with Gasteiger partial charge in [0.1, 0.15) is 0 Å². The van der Waals surface area contributed by atoms with Gasteiger partial charge in [-0.25, -0.2) is 0 Å². The molecule has 0 aromatic carbocycles. The van der Waals surface area contributed by atoms with E-state index in [1.807, 2.05) is 0 Å². The summed E-state index contributed by atoms with van der Waals surface area (Å²) in [5, 5.41) is 0. The first-order chi connectivity index (χ1) is 8.71. The van der Waals surface area contributed by atoms with Crippen LogP contribution in [0, 0.1) is 13.8 Å². The predicted octanol–water partition coefficient (Wildman–Crippen LogP) is 7.14. The molecule has 24 heavy (non-hydrogen) atoms. The molecule has 0 fully saturated rings. The second-order valence-electron chi connectivity index (χ2n) is 4.27.